The van der Waals surface area contributed by atoms with Crippen LogP contribution in [-0.2, 0) is 7.05 Å². The van der Waals surface area contributed by atoms with Gasteiger partial charge in [-0.05, 0) is 38.0 Å². The normalized spacial score (nSPS) is 13.8. The van der Waals surface area contributed by atoms with Gasteiger partial charge < -0.3 is 14.8 Å². The monoisotopic (exact) mass is 362 g/mol. The smallest absolute Gasteiger partial charge is 0.272 e. The Bertz CT molecular complexity index is 940. The van der Waals surface area contributed by atoms with Gasteiger partial charge in [0, 0.05) is 55.5 Å². The third-order valence-corrected chi connectivity index (χ3v) is 4.77. The molecule has 3 aromatic heterocycles. The van der Waals surface area contributed by atoms with E-state index in [-0.39, 0.29) is 5.91 Å². The average Bonchev–Trinajstić information content (AvgIpc) is 3.34. The largest absolute Gasteiger partial charge is 0.346 e. The van der Waals surface area contributed by atoms with Gasteiger partial charge in [0.1, 0.15) is 5.69 Å². The van der Waals surface area contributed by atoms with E-state index in [0.29, 0.717) is 11.4 Å². The van der Waals surface area contributed by atoms with Crippen LogP contribution in [0.1, 0.15) is 29.0 Å². The SMILES string of the molecule is Cc1ccc(NC(=O)c2cc(-c3cnc(N4CCCC4)nc3)cn2C)cn1. The number of anilines is 2. The predicted octanol–water partition coefficient (Wildman–Crippen LogP) is 3.04. The van der Waals surface area contributed by atoms with Gasteiger partial charge in [-0.25, -0.2) is 9.97 Å². The highest BCUT2D eigenvalue weighted by atomic mass is 16.1. The van der Waals surface area contributed by atoms with Crippen LogP contribution in [0.15, 0.2) is 43.0 Å². The van der Waals surface area contributed by atoms with Crippen molar-refractivity contribution in [3.05, 3.63) is 54.4 Å². The Morgan fingerprint density at radius 2 is 1.78 bits per heavy atom. The highest BCUT2D eigenvalue weighted by Gasteiger charge is 2.16. The highest BCUT2D eigenvalue weighted by molar-refractivity contribution is 6.04. The second-order valence-electron chi connectivity index (χ2n) is 6.83. The average molecular weight is 362 g/mol. The van der Waals surface area contributed by atoms with Crippen molar-refractivity contribution in [2.45, 2.75) is 19.8 Å². The van der Waals surface area contributed by atoms with Crippen LogP contribution in [0, 0.1) is 6.92 Å². The Morgan fingerprint density at radius 3 is 2.44 bits per heavy atom. The summed E-state index contributed by atoms with van der Waals surface area (Å²) in [6, 6.07) is 5.56. The van der Waals surface area contributed by atoms with Crippen molar-refractivity contribution in [3.63, 3.8) is 0 Å². The molecule has 1 aliphatic rings. The van der Waals surface area contributed by atoms with Gasteiger partial charge in [0.25, 0.3) is 5.91 Å². The molecule has 4 heterocycles. The standard InChI is InChI=1S/C20H22N6O/c1-14-5-6-17(12-21-14)24-19(27)18-9-15(13-25(18)2)16-10-22-20(23-11-16)26-7-3-4-8-26/h5-6,9-13H,3-4,7-8H2,1-2H3,(H,24,27). The number of aryl methyl sites for hydroxylation is 2. The number of hydrogen-bond donors (Lipinski definition) is 1. The zero-order valence-electron chi connectivity index (χ0n) is 15.5. The maximum atomic E-state index is 12.6. The number of pyridine rings is 1. The number of carbonyl (C=O) groups excluding carboxylic acids is 1. The Balaban J connectivity index is 1.52. The molecule has 4 rings (SSSR count). The predicted molar refractivity (Wildman–Crippen MR) is 105 cm³/mol. The molecule has 7 nitrogen and oxygen atoms in total. The van der Waals surface area contributed by atoms with E-state index < -0.39 is 0 Å². The topological polar surface area (TPSA) is 75.9 Å². The molecule has 1 N–H and O–H groups in total. The Labute approximate surface area is 158 Å². The van der Waals surface area contributed by atoms with E-state index in [0.717, 1.165) is 35.9 Å². The molecule has 27 heavy (non-hydrogen) atoms. The van der Waals surface area contributed by atoms with E-state index in [1.54, 1.807) is 10.8 Å². The highest BCUT2D eigenvalue weighted by Crippen LogP contribution is 2.23. The molecule has 0 atom stereocenters. The molecule has 0 spiro atoms. The first kappa shape index (κ1) is 17.2. The van der Waals surface area contributed by atoms with Gasteiger partial charge in [-0.1, -0.05) is 0 Å². The van der Waals surface area contributed by atoms with Crippen molar-refractivity contribution in [2.24, 2.45) is 7.05 Å². The number of carbonyl (C=O) groups is 1. The van der Waals surface area contributed by atoms with E-state index in [9.17, 15) is 4.79 Å². The summed E-state index contributed by atoms with van der Waals surface area (Å²) in [5, 5.41) is 2.88. The number of nitrogens with zero attached hydrogens (tertiary/aromatic N) is 5. The molecule has 0 saturated carbocycles. The van der Waals surface area contributed by atoms with Gasteiger partial charge in [0.2, 0.25) is 5.95 Å². The first-order chi connectivity index (χ1) is 13.1. The molecule has 1 saturated heterocycles. The summed E-state index contributed by atoms with van der Waals surface area (Å²) in [6.07, 6.45) is 9.60. The van der Waals surface area contributed by atoms with Crippen LogP contribution >= 0.6 is 0 Å². The second-order valence-corrected chi connectivity index (χ2v) is 6.83. The number of hydrogen-bond acceptors (Lipinski definition) is 5. The molecule has 1 amide bonds. The number of rotatable bonds is 4. The van der Waals surface area contributed by atoms with E-state index in [1.807, 2.05) is 50.8 Å². The van der Waals surface area contributed by atoms with Crippen LogP contribution in [0.3, 0.4) is 0 Å². The van der Waals surface area contributed by atoms with Crippen LogP contribution in [0.5, 0.6) is 0 Å². The van der Waals surface area contributed by atoms with Gasteiger partial charge in [0.15, 0.2) is 0 Å². The minimum Gasteiger partial charge on any atom is -0.346 e. The summed E-state index contributed by atoms with van der Waals surface area (Å²) >= 11 is 0. The molecular formula is C20H22N6O. The fourth-order valence-corrected chi connectivity index (χ4v) is 3.24. The van der Waals surface area contributed by atoms with Crippen molar-refractivity contribution in [2.75, 3.05) is 23.3 Å². The van der Waals surface area contributed by atoms with Crippen LogP contribution in [0.25, 0.3) is 11.1 Å². The van der Waals surface area contributed by atoms with Crippen LogP contribution < -0.4 is 10.2 Å². The van der Waals surface area contributed by atoms with Gasteiger partial charge in [-0.3, -0.25) is 9.78 Å². The molecule has 1 aliphatic heterocycles. The van der Waals surface area contributed by atoms with Gasteiger partial charge in [-0.2, -0.15) is 0 Å². The Morgan fingerprint density at radius 1 is 1.04 bits per heavy atom. The minimum atomic E-state index is -0.177. The first-order valence-corrected chi connectivity index (χ1v) is 9.08. The molecule has 1 fully saturated rings. The summed E-state index contributed by atoms with van der Waals surface area (Å²) in [4.78, 5) is 28.0. The maximum absolute atomic E-state index is 12.6. The lowest BCUT2D eigenvalue weighted by Crippen LogP contribution is -2.20. The third-order valence-electron chi connectivity index (χ3n) is 4.77. The minimum absolute atomic E-state index is 0.177. The number of nitrogens with one attached hydrogen (secondary N) is 1. The van der Waals surface area contributed by atoms with Crippen molar-refractivity contribution in [1.82, 2.24) is 19.5 Å². The molecule has 0 aliphatic carbocycles. The number of amides is 1. The van der Waals surface area contributed by atoms with Crippen molar-refractivity contribution < 1.29 is 4.79 Å². The Hall–Kier alpha value is -3.22. The van der Waals surface area contributed by atoms with Crippen molar-refractivity contribution in [1.29, 1.82) is 0 Å². The van der Waals surface area contributed by atoms with Crippen LogP contribution in [-0.4, -0.2) is 38.5 Å². The number of aromatic nitrogens is 4. The molecule has 0 unspecified atom stereocenters. The molecule has 138 valence electrons. The quantitative estimate of drug-likeness (QED) is 0.772. The summed E-state index contributed by atoms with van der Waals surface area (Å²) in [6.45, 7) is 3.94. The molecule has 3 aromatic rings. The van der Waals surface area contributed by atoms with Gasteiger partial charge in [-0.15, -0.1) is 0 Å². The van der Waals surface area contributed by atoms with Gasteiger partial charge in [0.05, 0.1) is 11.9 Å². The lowest BCUT2D eigenvalue weighted by molar-refractivity contribution is 0.101. The van der Waals surface area contributed by atoms with Crippen molar-refractivity contribution >= 4 is 17.5 Å². The van der Waals surface area contributed by atoms with Crippen LogP contribution in [0.4, 0.5) is 11.6 Å². The van der Waals surface area contributed by atoms with E-state index >= 15 is 0 Å². The lowest BCUT2D eigenvalue weighted by Gasteiger charge is -2.14. The molecule has 0 bridgehead atoms. The zero-order valence-corrected chi connectivity index (χ0v) is 15.5. The lowest BCUT2D eigenvalue weighted by atomic mass is 10.2. The summed E-state index contributed by atoms with van der Waals surface area (Å²) in [5.41, 5.74) is 3.95. The van der Waals surface area contributed by atoms with Crippen LogP contribution in [0.2, 0.25) is 0 Å². The van der Waals surface area contributed by atoms with E-state index in [1.165, 1.54) is 12.8 Å². The third kappa shape index (κ3) is 3.67. The van der Waals surface area contributed by atoms with Gasteiger partial charge >= 0.3 is 0 Å². The second kappa shape index (κ2) is 7.19. The maximum Gasteiger partial charge on any atom is 0.272 e. The first-order valence-electron chi connectivity index (χ1n) is 9.08. The van der Waals surface area contributed by atoms with E-state index in [2.05, 4.69) is 25.2 Å². The summed E-state index contributed by atoms with van der Waals surface area (Å²) < 4.78 is 1.81. The summed E-state index contributed by atoms with van der Waals surface area (Å²) in [7, 11) is 1.85. The molecule has 7 heteroatoms. The molecule has 0 aromatic carbocycles. The zero-order chi connectivity index (χ0) is 18.8. The van der Waals surface area contributed by atoms with E-state index in [4.69, 9.17) is 0 Å². The fraction of sp³-hybridized carbons (Fsp3) is 0.300. The Kier molecular flexibility index (Phi) is 4.58. The fourth-order valence-electron chi connectivity index (χ4n) is 3.24. The van der Waals surface area contributed by atoms with Crippen molar-refractivity contribution in [3.8, 4) is 11.1 Å². The molecular weight excluding hydrogens is 340 g/mol. The summed E-state index contributed by atoms with van der Waals surface area (Å²) in [5.74, 6) is 0.598. The molecule has 0 radical (unpaired) electrons.